The highest BCUT2D eigenvalue weighted by Gasteiger charge is 2.39. The van der Waals surface area contributed by atoms with Crippen molar-refractivity contribution in [3.05, 3.63) is 5.82 Å². The monoisotopic (exact) mass is 283 g/mol. The average molecular weight is 283 g/mol. The summed E-state index contributed by atoms with van der Waals surface area (Å²) in [5, 5.41) is 8.15. The molecule has 1 atom stereocenters. The van der Waals surface area contributed by atoms with Crippen molar-refractivity contribution in [2.75, 3.05) is 6.54 Å². The van der Waals surface area contributed by atoms with Crippen LogP contribution < -0.4 is 5.73 Å². The lowest BCUT2D eigenvalue weighted by Crippen LogP contribution is -2.31. The van der Waals surface area contributed by atoms with Crippen molar-refractivity contribution in [2.24, 2.45) is 12.8 Å². The Morgan fingerprint density at radius 3 is 2.74 bits per heavy atom. The normalized spacial score (nSPS) is 19.5. The minimum Gasteiger partial charge on any atom is -0.324 e. The van der Waals surface area contributed by atoms with Crippen LogP contribution in [0.25, 0.3) is 0 Å². The van der Waals surface area contributed by atoms with Crippen LogP contribution in [0.15, 0.2) is 5.16 Å². The summed E-state index contributed by atoms with van der Waals surface area (Å²) in [7, 11) is 1.80. The van der Waals surface area contributed by atoms with Crippen molar-refractivity contribution in [1.29, 1.82) is 0 Å². The van der Waals surface area contributed by atoms with Gasteiger partial charge in [0.1, 0.15) is 11.1 Å². The number of thioether (sulfide) groups is 1. The third kappa shape index (κ3) is 2.64. The summed E-state index contributed by atoms with van der Waals surface area (Å²) in [6.07, 6.45) is 1.00. The molecule has 2 heterocycles. The number of nitrogens with zero attached hydrogens (tertiary/aromatic N) is 4. The van der Waals surface area contributed by atoms with E-state index in [9.17, 15) is 9.59 Å². The van der Waals surface area contributed by atoms with Crippen LogP contribution in [0.1, 0.15) is 25.6 Å². The molecule has 1 unspecified atom stereocenters. The van der Waals surface area contributed by atoms with Crippen molar-refractivity contribution in [3.63, 3.8) is 0 Å². The lowest BCUT2D eigenvalue weighted by atomic mass is 10.4. The number of likely N-dealkylation sites (tertiary alicyclic amines) is 1. The second kappa shape index (κ2) is 5.70. The van der Waals surface area contributed by atoms with Gasteiger partial charge in [0.25, 0.3) is 0 Å². The number of imide groups is 1. The molecule has 0 radical (unpaired) electrons. The van der Waals surface area contributed by atoms with E-state index in [1.165, 1.54) is 16.7 Å². The fraction of sp³-hybridized carbons (Fsp3) is 0.636. The topological polar surface area (TPSA) is 94.1 Å². The first-order chi connectivity index (χ1) is 9.08. The largest absolute Gasteiger partial charge is 0.324 e. The Labute approximate surface area is 115 Å². The van der Waals surface area contributed by atoms with Crippen molar-refractivity contribution < 1.29 is 9.59 Å². The molecule has 1 aromatic heterocycles. The van der Waals surface area contributed by atoms with Crippen molar-refractivity contribution in [3.8, 4) is 0 Å². The Hall–Kier alpha value is -1.41. The molecule has 0 saturated carbocycles. The first kappa shape index (κ1) is 14.0. The fourth-order valence-corrected chi connectivity index (χ4v) is 3.02. The average Bonchev–Trinajstić information content (AvgIpc) is 2.86. The molecule has 1 aliphatic rings. The van der Waals surface area contributed by atoms with E-state index in [-0.39, 0.29) is 18.2 Å². The zero-order chi connectivity index (χ0) is 14.0. The van der Waals surface area contributed by atoms with Gasteiger partial charge in [-0.05, 0) is 6.42 Å². The molecule has 1 aliphatic heterocycles. The molecular formula is C11H17N5O2S. The second-order valence-electron chi connectivity index (χ2n) is 4.36. The van der Waals surface area contributed by atoms with Crippen LogP contribution in [0.4, 0.5) is 0 Å². The van der Waals surface area contributed by atoms with Crippen LogP contribution in [0.5, 0.6) is 0 Å². The van der Waals surface area contributed by atoms with Gasteiger partial charge < -0.3 is 10.3 Å². The quantitative estimate of drug-likeness (QED) is 0.759. The number of hydrogen-bond acceptors (Lipinski definition) is 6. The van der Waals surface area contributed by atoms with Crippen LogP contribution in [-0.4, -0.2) is 43.3 Å². The molecule has 7 nitrogen and oxygen atoms in total. The fourth-order valence-electron chi connectivity index (χ4n) is 1.96. The minimum absolute atomic E-state index is 0.106. The van der Waals surface area contributed by atoms with Gasteiger partial charge in [0, 0.05) is 20.0 Å². The number of carbonyl (C=O) groups is 2. The summed E-state index contributed by atoms with van der Waals surface area (Å²) in [5.41, 5.74) is 5.52. The van der Waals surface area contributed by atoms with Gasteiger partial charge in [-0.2, -0.15) is 0 Å². The Kier molecular flexibility index (Phi) is 4.20. The molecule has 1 fully saturated rings. The van der Waals surface area contributed by atoms with Gasteiger partial charge in [0.05, 0.1) is 6.54 Å². The number of aromatic nitrogens is 3. The maximum atomic E-state index is 12.1. The smallest absolute Gasteiger partial charge is 0.243 e. The van der Waals surface area contributed by atoms with E-state index in [2.05, 4.69) is 10.2 Å². The molecule has 19 heavy (non-hydrogen) atoms. The maximum absolute atomic E-state index is 12.1. The lowest BCUT2D eigenvalue weighted by molar-refractivity contribution is -0.138. The van der Waals surface area contributed by atoms with Gasteiger partial charge in [0.15, 0.2) is 5.16 Å². The molecule has 1 aromatic rings. The summed E-state index contributed by atoms with van der Waals surface area (Å²) in [6.45, 7) is 2.72. The third-order valence-electron chi connectivity index (χ3n) is 3.01. The zero-order valence-electron chi connectivity index (χ0n) is 11.0. The van der Waals surface area contributed by atoms with Crippen LogP contribution in [0, 0.1) is 0 Å². The molecule has 0 aliphatic carbocycles. The van der Waals surface area contributed by atoms with Gasteiger partial charge in [-0.15, -0.1) is 10.2 Å². The van der Waals surface area contributed by atoms with Crippen LogP contribution >= 0.6 is 11.8 Å². The van der Waals surface area contributed by atoms with Crippen LogP contribution in [0.2, 0.25) is 0 Å². The van der Waals surface area contributed by atoms with E-state index in [0.29, 0.717) is 24.1 Å². The first-order valence-electron chi connectivity index (χ1n) is 6.17. The molecule has 8 heteroatoms. The zero-order valence-corrected chi connectivity index (χ0v) is 11.8. The molecule has 0 aromatic carbocycles. The number of nitrogens with two attached hydrogens (primary N) is 1. The summed E-state index contributed by atoms with van der Waals surface area (Å²) < 4.78 is 1.75. The standard InChI is InChI=1S/C11H17N5O2S/c1-3-4-16-9(17)5-7(10(16)18)19-11-14-13-8(6-12)15(11)2/h7H,3-6,12H2,1-2H3. The number of amides is 2. The number of hydrogen-bond donors (Lipinski definition) is 1. The van der Waals surface area contributed by atoms with Crippen LogP contribution in [0.3, 0.4) is 0 Å². The lowest BCUT2D eigenvalue weighted by Gasteiger charge is -2.12. The van der Waals surface area contributed by atoms with Gasteiger partial charge in [-0.3, -0.25) is 14.5 Å². The summed E-state index contributed by atoms with van der Waals surface area (Å²) >= 11 is 1.28. The summed E-state index contributed by atoms with van der Waals surface area (Å²) in [5.74, 6) is 0.421. The Morgan fingerprint density at radius 2 is 2.16 bits per heavy atom. The van der Waals surface area contributed by atoms with E-state index in [1.807, 2.05) is 6.92 Å². The van der Waals surface area contributed by atoms with Gasteiger partial charge in [-0.1, -0.05) is 18.7 Å². The van der Waals surface area contributed by atoms with E-state index in [0.717, 1.165) is 6.42 Å². The SMILES string of the molecule is CCCN1C(=O)CC(Sc2nnc(CN)n2C)C1=O. The highest BCUT2D eigenvalue weighted by molar-refractivity contribution is 8.00. The highest BCUT2D eigenvalue weighted by atomic mass is 32.2. The van der Waals surface area contributed by atoms with Gasteiger partial charge in [-0.25, -0.2) is 0 Å². The Balaban J connectivity index is 2.10. The van der Waals surface area contributed by atoms with Gasteiger partial charge >= 0.3 is 0 Å². The third-order valence-corrected chi connectivity index (χ3v) is 4.22. The highest BCUT2D eigenvalue weighted by Crippen LogP contribution is 2.30. The Bertz CT molecular complexity index is 501. The molecule has 0 spiro atoms. The summed E-state index contributed by atoms with van der Waals surface area (Å²) in [6, 6.07) is 0. The number of rotatable bonds is 5. The molecule has 104 valence electrons. The first-order valence-corrected chi connectivity index (χ1v) is 7.05. The summed E-state index contributed by atoms with van der Waals surface area (Å²) in [4.78, 5) is 25.2. The Morgan fingerprint density at radius 1 is 1.42 bits per heavy atom. The van der Waals surface area contributed by atoms with E-state index in [1.54, 1.807) is 11.6 Å². The predicted molar refractivity (Wildman–Crippen MR) is 70.2 cm³/mol. The van der Waals surface area contributed by atoms with Crippen LogP contribution in [-0.2, 0) is 23.2 Å². The maximum Gasteiger partial charge on any atom is 0.243 e. The molecule has 1 saturated heterocycles. The predicted octanol–water partition coefficient (Wildman–Crippen LogP) is -0.0966. The van der Waals surface area contributed by atoms with Gasteiger partial charge in [0.2, 0.25) is 11.8 Å². The van der Waals surface area contributed by atoms with Crippen molar-refractivity contribution >= 4 is 23.6 Å². The molecule has 0 bridgehead atoms. The van der Waals surface area contributed by atoms with Crippen molar-refractivity contribution in [2.45, 2.75) is 36.7 Å². The van der Waals surface area contributed by atoms with E-state index >= 15 is 0 Å². The minimum atomic E-state index is -0.396. The number of carbonyl (C=O) groups excluding carboxylic acids is 2. The molecule has 2 amide bonds. The van der Waals surface area contributed by atoms with Crippen molar-refractivity contribution in [1.82, 2.24) is 19.7 Å². The van der Waals surface area contributed by atoms with E-state index in [4.69, 9.17) is 5.73 Å². The molecular weight excluding hydrogens is 266 g/mol. The second-order valence-corrected chi connectivity index (χ2v) is 5.53. The molecule has 2 rings (SSSR count). The molecule has 2 N–H and O–H groups in total. The van der Waals surface area contributed by atoms with E-state index < -0.39 is 5.25 Å².